The summed E-state index contributed by atoms with van der Waals surface area (Å²) in [6.07, 6.45) is 1.78. The number of nitrogens with one attached hydrogen (secondary N) is 1. The van der Waals surface area contributed by atoms with Crippen molar-refractivity contribution in [2.24, 2.45) is 0 Å². The van der Waals surface area contributed by atoms with Crippen molar-refractivity contribution in [1.82, 2.24) is 4.98 Å². The number of nitrogens with two attached hydrogens (primary N) is 1. The van der Waals surface area contributed by atoms with Crippen LogP contribution >= 0.6 is 22.9 Å². The number of hydrogen-bond acceptors (Lipinski definition) is 4. The van der Waals surface area contributed by atoms with Gasteiger partial charge in [0, 0.05) is 17.3 Å². The van der Waals surface area contributed by atoms with Crippen molar-refractivity contribution < 1.29 is 0 Å². The van der Waals surface area contributed by atoms with Gasteiger partial charge in [-0.3, -0.25) is 0 Å². The average Bonchev–Trinajstić information content (AvgIpc) is 2.69. The molecule has 5 heteroatoms. The second-order valence-corrected chi connectivity index (χ2v) is 4.40. The number of rotatable bonds is 3. The lowest BCUT2D eigenvalue weighted by Crippen LogP contribution is -1.99. The van der Waals surface area contributed by atoms with Gasteiger partial charge in [-0.1, -0.05) is 11.6 Å². The monoisotopic (exact) mass is 239 g/mol. The van der Waals surface area contributed by atoms with E-state index in [0.29, 0.717) is 17.3 Å². The first-order chi connectivity index (χ1) is 7.25. The highest BCUT2D eigenvalue weighted by Gasteiger charge is 2.01. The van der Waals surface area contributed by atoms with Gasteiger partial charge in [-0.15, -0.1) is 11.3 Å². The predicted molar refractivity (Wildman–Crippen MR) is 65.3 cm³/mol. The van der Waals surface area contributed by atoms with Gasteiger partial charge in [0.2, 0.25) is 0 Å². The number of benzene rings is 1. The number of anilines is 2. The Bertz CT molecular complexity index is 442. The van der Waals surface area contributed by atoms with E-state index in [4.69, 9.17) is 17.3 Å². The SMILES string of the molecule is Nc1ccc(NCc2nccs2)c(Cl)c1. The molecule has 0 atom stereocenters. The highest BCUT2D eigenvalue weighted by atomic mass is 35.5. The fraction of sp³-hybridized carbons (Fsp3) is 0.100. The summed E-state index contributed by atoms with van der Waals surface area (Å²) in [7, 11) is 0. The average molecular weight is 240 g/mol. The molecule has 78 valence electrons. The van der Waals surface area contributed by atoms with Crippen LogP contribution in [0, 0.1) is 0 Å². The second kappa shape index (κ2) is 4.51. The van der Waals surface area contributed by atoms with Gasteiger partial charge >= 0.3 is 0 Å². The molecule has 1 heterocycles. The molecule has 0 fully saturated rings. The molecule has 0 saturated heterocycles. The zero-order valence-electron chi connectivity index (χ0n) is 7.90. The third kappa shape index (κ3) is 2.61. The van der Waals surface area contributed by atoms with Crippen molar-refractivity contribution in [1.29, 1.82) is 0 Å². The molecular formula is C10H10ClN3S. The summed E-state index contributed by atoms with van der Waals surface area (Å²) in [6, 6.07) is 5.41. The quantitative estimate of drug-likeness (QED) is 0.810. The van der Waals surface area contributed by atoms with Crippen molar-refractivity contribution in [3.63, 3.8) is 0 Å². The fourth-order valence-electron chi connectivity index (χ4n) is 1.19. The Morgan fingerprint density at radius 1 is 1.47 bits per heavy atom. The van der Waals surface area contributed by atoms with E-state index >= 15 is 0 Å². The van der Waals surface area contributed by atoms with E-state index in [-0.39, 0.29) is 0 Å². The van der Waals surface area contributed by atoms with Gasteiger partial charge in [0.15, 0.2) is 0 Å². The maximum absolute atomic E-state index is 6.01. The maximum atomic E-state index is 6.01. The van der Waals surface area contributed by atoms with E-state index in [1.165, 1.54) is 0 Å². The lowest BCUT2D eigenvalue weighted by molar-refractivity contribution is 1.10. The number of hydrogen-bond donors (Lipinski definition) is 2. The van der Waals surface area contributed by atoms with E-state index < -0.39 is 0 Å². The molecule has 0 aliphatic heterocycles. The molecule has 0 spiro atoms. The topological polar surface area (TPSA) is 50.9 Å². The molecule has 2 aromatic rings. The molecule has 2 rings (SSSR count). The van der Waals surface area contributed by atoms with E-state index in [1.54, 1.807) is 23.6 Å². The number of halogens is 1. The molecule has 0 aliphatic carbocycles. The molecule has 3 N–H and O–H groups in total. The van der Waals surface area contributed by atoms with Crippen molar-refractivity contribution >= 4 is 34.3 Å². The van der Waals surface area contributed by atoms with Crippen LogP contribution in [0.4, 0.5) is 11.4 Å². The van der Waals surface area contributed by atoms with Crippen LogP contribution in [0.3, 0.4) is 0 Å². The first kappa shape index (κ1) is 10.3. The first-order valence-electron chi connectivity index (χ1n) is 4.43. The van der Waals surface area contributed by atoms with Crippen molar-refractivity contribution in [3.8, 4) is 0 Å². The Kier molecular flexibility index (Phi) is 3.08. The minimum absolute atomic E-state index is 0.631. The molecule has 0 aliphatic rings. The predicted octanol–water partition coefficient (Wildman–Crippen LogP) is 2.99. The number of aromatic nitrogens is 1. The van der Waals surface area contributed by atoms with Crippen LogP contribution in [-0.2, 0) is 6.54 Å². The van der Waals surface area contributed by atoms with Crippen LogP contribution < -0.4 is 11.1 Å². The van der Waals surface area contributed by atoms with Crippen LogP contribution in [-0.4, -0.2) is 4.98 Å². The van der Waals surface area contributed by atoms with Gasteiger partial charge < -0.3 is 11.1 Å². The molecule has 0 amide bonds. The van der Waals surface area contributed by atoms with Crippen molar-refractivity contribution in [2.45, 2.75) is 6.54 Å². The molecule has 0 unspecified atom stereocenters. The third-order valence-electron chi connectivity index (χ3n) is 1.91. The lowest BCUT2D eigenvalue weighted by atomic mass is 10.3. The Hall–Kier alpha value is -1.26. The molecular weight excluding hydrogens is 230 g/mol. The number of thiazole rings is 1. The van der Waals surface area contributed by atoms with Gasteiger partial charge in [-0.2, -0.15) is 0 Å². The van der Waals surface area contributed by atoms with Crippen LogP contribution in [0.25, 0.3) is 0 Å². The molecule has 1 aromatic heterocycles. The van der Waals surface area contributed by atoms with E-state index in [0.717, 1.165) is 10.7 Å². The zero-order chi connectivity index (χ0) is 10.7. The standard InChI is InChI=1S/C10H10ClN3S/c11-8-5-7(12)1-2-9(8)14-6-10-13-3-4-15-10/h1-5,14H,6,12H2. The number of nitrogen functional groups attached to an aromatic ring is 1. The van der Waals surface area contributed by atoms with Crippen LogP contribution in [0.5, 0.6) is 0 Å². The summed E-state index contributed by atoms with van der Waals surface area (Å²) in [5.41, 5.74) is 7.14. The van der Waals surface area contributed by atoms with Gasteiger partial charge in [0.05, 0.1) is 17.3 Å². The molecule has 3 nitrogen and oxygen atoms in total. The summed E-state index contributed by atoms with van der Waals surface area (Å²) in [5.74, 6) is 0. The third-order valence-corrected chi connectivity index (χ3v) is 3.00. The van der Waals surface area contributed by atoms with Crippen molar-refractivity contribution in [2.75, 3.05) is 11.1 Å². The lowest BCUT2D eigenvalue weighted by Gasteiger charge is -2.06. The summed E-state index contributed by atoms with van der Waals surface area (Å²) < 4.78 is 0. The molecule has 1 aromatic carbocycles. The van der Waals surface area contributed by atoms with Crippen LogP contribution in [0.1, 0.15) is 5.01 Å². The Labute approximate surface area is 96.9 Å². The highest BCUT2D eigenvalue weighted by Crippen LogP contribution is 2.24. The van der Waals surface area contributed by atoms with E-state index in [9.17, 15) is 0 Å². The summed E-state index contributed by atoms with van der Waals surface area (Å²) in [5, 5.41) is 6.81. The van der Waals surface area contributed by atoms with Crippen molar-refractivity contribution in [3.05, 3.63) is 39.8 Å². The summed E-state index contributed by atoms with van der Waals surface area (Å²) in [4.78, 5) is 4.17. The molecule has 0 radical (unpaired) electrons. The van der Waals surface area contributed by atoms with E-state index in [1.807, 2.05) is 17.5 Å². The molecule has 15 heavy (non-hydrogen) atoms. The van der Waals surface area contributed by atoms with E-state index in [2.05, 4.69) is 10.3 Å². The Morgan fingerprint density at radius 2 is 2.33 bits per heavy atom. The highest BCUT2D eigenvalue weighted by molar-refractivity contribution is 7.09. The van der Waals surface area contributed by atoms with Crippen LogP contribution in [0.15, 0.2) is 29.8 Å². The van der Waals surface area contributed by atoms with Crippen LogP contribution in [0.2, 0.25) is 5.02 Å². The minimum atomic E-state index is 0.631. The molecule has 0 saturated carbocycles. The van der Waals surface area contributed by atoms with Gasteiger partial charge in [-0.05, 0) is 18.2 Å². The minimum Gasteiger partial charge on any atom is -0.399 e. The molecule has 0 bridgehead atoms. The maximum Gasteiger partial charge on any atom is 0.112 e. The van der Waals surface area contributed by atoms with Gasteiger partial charge in [0.25, 0.3) is 0 Å². The fourth-order valence-corrected chi connectivity index (χ4v) is 2.00. The summed E-state index contributed by atoms with van der Waals surface area (Å²) >= 11 is 7.62. The zero-order valence-corrected chi connectivity index (χ0v) is 9.48. The Morgan fingerprint density at radius 3 is 3.00 bits per heavy atom. The van der Waals surface area contributed by atoms with Gasteiger partial charge in [0.1, 0.15) is 5.01 Å². The van der Waals surface area contributed by atoms with Gasteiger partial charge in [-0.25, -0.2) is 4.98 Å². The normalized spacial score (nSPS) is 10.2. The smallest absolute Gasteiger partial charge is 0.112 e. The first-order valence-corrected chi connectivity index (χ1v) is 5.69. The summed E-state index contributed by atoms with van der Waals surface area (Å²) in [6.45, 7) is 0.682. The number of nitrogens with zero attached hydrogens (tertiary/aromatic N) is 1. The second-order valence-electron chi connectivity index (χ2n) is 3.02. The Balaban J connectivity index is 2.05. The largest absolute Gasteiger partial charge is 0.399 e.